The number of ether oxygens (including phenoxy) is 1. The number of hydrogen-bond donors (Lipinski definition) is 2. The predicted molar refractivity (Wildman–Crippen MR) is 100 cm³/mol. The van der Waals surface area contributed by atoms with Gasteiger partial charge in [-0.3, -0.25) is 15.4 Å². The van der Waals surface area contributed by atoms with Crippen molar-refractivity contribution in [1.29, 1.82) is 0 Å². The molecule has 27 heavy (non-hydrogen) atoms. The van der Waals surface area contributed by atoms with Gasteiger partial charge in [0.25, 0.3) is 0 Å². The minimum Gasteiger partial charge on any atom is -0.450 e. The number of carbonyl (C=O) groups excluding carboxylic acids is 1. The van der Waals surface area contributed by atoms with Crippen LogP contribution in [0.15, 0.2) is 47.1 Å². The van der Waals surface area contributed by atoms with Gasteiger partial charge in [0.05, 0.1) is 17.7 Å². The fourth-order valence-electron chi connectivity index (χ4n) is 2.92. The number of aromatic nitrogens is 4. The Bertz CT molecular complexity index is 1100. The van der Waals surface area contributed by atoms with E-state index in [-0.39, 0.29) is 6.61 Å². The van der Waals surface area contributed by atoms with Crippen molar-refractivity contribution in [2.75, 3.05) is 11.9 Å². The SMILES string of the molecule is CCOC(=O)Nc1noc2cc(-c3c(-c4ccccn4)n[nH]c3C)ccc12. The van der Waals surface area contributed by atoms with E-state index in [1.54, 1.807) is 13.1 Å². The van der Waals surface area contributed by atoms with Gasteiger partial charge in [-0.2, -0.15) is 5.10 Å². The number of fused-ring (bicyclic) bond motifs is 1. The Morgan fingerprint density at radius 2 is 2.19 bits per heavy atom. The second kappa shape index (κ2) is 6.91. The van der Waals surface area contributed by atoms with Gasteiger partial charge in [0.2, 0.25) is 0 Å². The summed E-state index contributed by atoms with van der Waals surface area (Å²) in [7, 11) is 0. The van der Waals surface area contributed by atoms with Gasteiger partial charge in [-0.1, -0.05) is 17.3 Å². The molecule has 1 amide bonds. The average Bonchev–Trinajstić information content (AvgIpc) is 3.26. The fraction of sp³-hybridized carbons (Fsp3) is 0.158. The zero-order valence-electron chi connectivity index (χ0n) is 14.8. The molecule has 0 saturated heterocycles. The molecule has 0 aliphatic carbocycles. The third kappa shape index (κ3) is 3.12. The number of nitrogens with one attached hydrogen (secondary N) is 2. The monoisotopic (exact) mass is 363 g/mol. The van der Waals surface area contributed by atoms with Crippen LogP contribution in [0, 0.1) is 6.92 Å². The van der Waals surface area contributed by atoms with E-state index in [1.807, 2.05) is 43.3 Å². The van der Waals surface area contributed by atoms with Crippen LogP contribution in [-0.4, -0.2) is 33.0 Å². The molecule has 0 fully saturated rings. The van der Waals surface area contributed by atoms with E-state index in [0.717, 1.165) is 28.2 Å². The van der Waals surface area contributed by atoms with Crippen molar-refractivity contribution in [3.63, 3.8) is 0 Å². The van der Waals surface area contributed by atoms with Crippen LogP contribution in [0.1, 0.15) is 12.6 Å². The Labute approximate surface area is 154 Å². The minimum absolute atomic E-state index is 0.280. The Balaban J connectivity index is 1.74. The molecule has 8 heteroatoms. The van der Waals surface area contributed by atoms with E-state index in [9.17, 15) is 4.79 Å². The molecule has 0 atom stereocenters. The standard InChI is InChI=1S/C19H17N5O3/c1-3-26-19(25)21-18-13-8-7-12(10-15(13)27-24-18)16-11(2)22-23-17(16)14-6-4-5-9-20-14/h4-10H,3H2,1-2H3,(H,22,23)(H,21,24,25). The highest BCUT2D eigenvalue weighted by atomic mass is 16.5. The summed E-state index contributed by atoms with van der Waals surface area (Å²) >= 11 is 0. The number of pyridine rings is 1. The third-order valence-electron chi connectivity index (χ3n) is 4.11. The highest BCUT2D eigenvalue weighted by molar-refractivity contribution is 5.98. The van der Waals surface area contributed by atoms with Gasteiger partial charge in [0, 0.05) is 17.5 Å². The largest absolute Gasteiger partial charge is 0.450 e. The number of benzene rings is 1. The molecule has 0 bridgehead atoms. The van der Waals surface area contributed by atoms with Gasteiger partial charge in [-0.25, -0.2) is 4.79 Å². The zero-order valence-corrected chi connectivity index (χ0v) is 14.8. The summed E-state index contributed by atoms with van der Waals surface area (Å²) < 4.78 is 10.3. The van der Waals surface area contributed by atoms with Crippen molar-refractivity contribution in [3.8, 4) is 22.5 Å². The second-order valence-corrected chi connectivity index (χ2v) is 5.87. The highest BCUT2D eigenvalue weighted by Gasteiger charge is 2.18. The van der Waals surface area contributed by atoms with Crippen molar-refractivity contribution in [2.24, 2.45) is 0 Å². The Morgan fingerprint density at radius 3 is 2.96 bits per heavy atom. The number of H-pyrrole nitrogens is 1. The Morgan fingerprint density at radius 1 is 1.30 bits per heavy atom. The molecular formula is C19H17N5O3. The molecule has 0 aliphatic heterocycles. The van der Waals surface area contributed by atoms with E-state index in [1.165, 1.54) is 0 Å². The van der Waals surface area contributed by atoms with Gasteiger partial charge in [0.15, 0.2) is 11.4 Å². The second-order valence-electron chi connectivity index (χ2n) is 5.87. The lowest BCUT2D eigenvalue weighted by atomic mass is 10.0. The van der Waals surface area contributed by atoms with Crippen LogP contribution in [0.5, 0.6) is 0 Å². The number of nitrogens with zero attached hydrogens (tertiary/aromatic N) is 3. The molecule has 0 saturated carbocycles. The molecule has 0 spiro atoms. The van der Waals surface area contributed by atoms with Crippen molar-refractivity contribution >= 4 is 22.9 Å². The minimum atomic E-state index is -0.570. The van der Waals surface area contributed by atoms with Crippen molar-refractivity contribution in [2.45, 2.75) is 13.8 Å². The maximum absolute atomic E-state index is 11.6. The lowest BCUT2D eigenvalue weighted by Crippen LogP contribution is -2.13. The van der Waals surface area contributed by atoms with Crippen LogP contribution < -0.4 is 5.32 Å². The van der Waals surface area contributed by atoms with Crippen LogP contribution >= 0.6 is 0 Å². The summed E-state index contributed by atoms with van der Waals surface area (Å²) in [5, 5.41) is 14.6. The normalized spacial score (nSPS) is 10.9. The van der Waals surface area contributed by atoms with Crippen molar-refractivity contribution in [1.82, 2.24) is 20.3 Å². The first-order valence-corrected chi connectivity index (χ1v) is 8.47. The van der Waals surface area contributed by atoms with Crippen LogP contribution in [0.3, 0.4) is 0 Å². The van der Waals surface area contributed by atoms with E-state index in [4.69, 9.17) is 9.26 Å². The first-order valence-electron chi connectivity index (χ1n) is 8.47. The lowest BCUT2D eigenvalue weighted by molar-refractivity contribution is 0.167. The molecule has 2 N–H and O–H groups in total. The Kier molecular flexibility index (Phi) is 4.29. The van der Waals surface area contributed by atoms with Crippen LogP contribution in [0.2, 0.25) is 0 Å². The van der Waals surface area contributed by atoms with Gasteiger partial charge >= 0.3 is 6.09 Å². The van der Waals surface area contributed by atoms with Gasteiger partial charge in [-0.15, -0.1) is 0 Å². The third-order valence-corrected chi connectivity index (χ3v) is 4.11. The molecule has 0 unspecified atom stereocenters. The quantitative estimate of drug-likeness (QED) is 0.564. The summed E-state index contributed by atoms with van der Waals surface area (Å²) in [4.78, 5) is 16.0. The summed E-state index contributed by atoms with van der Waals surface area (Å²) in [5.41, 5.74) is 4.85. The number of aromatic amines is 1. The topological polar surface area (TPSA) is 106 Å². The predicted octanol–water partition coefficient (Wildman–Crippen LogP) is 4.16. The number of aryl methyl sites for hydroxylation is 1. The molecule has 1 aromatic carbocycles. The molecule has 0 radical (unpaired) electrons. The molecule has 136 valence electrons. The average molecular weight is 363 g/mol. The summed E-state index contributed by atoms with van der Waals surface area (Å²) in [6, 6.07) is 11.3. The number of anilines is 1. The van der Waals surface area contributed by atoms with Gasteiger partial charge in [0.1, 0.15) is 5.69 Å². The summed E-state index contributed by atoms with van der Waals surface area (Å²) in [6.45, 7) is 3.97. The lowest BCUT2D eigenvalue weighted by Gasteiger charge is -2.04. The molecule has 0 aliphatic rings. The molecule has 8 nitrogen and oxygen atoms in total. The maximum atomic E-state index is 11.6. The molecule has 3 aromatic heterocycles. The Hall–Kier alpha value is -3.68. The van der Waals surface area contributed by atoms with Crippen LogP contribution in [0.25, 0.3) is 33.5 Å². The molecule has 4 aromatic rings. The van der Waals surface area contributed by atoms with E-state index >= 15 is 0 Å². The maximum Gasteiger partial charge on any atom is 0.412 e. The van der Waals surface area contributed by atoms with Gasteiger partial charge in [-0.05, 0) is 43.7 Å². The first kappa shape index (κ1) is 16.8. The summed E-state index contributed by atoms with van der Waals surface area (Å²) in [6.07, 6.45) is 1.16. The smallest absolute Gasteiger partial charge is 0.412 e. The highest BCUT2D eigenvalue weighted by Crippen LogP contribution is 2.35. The molecular weight excluding hydrogens is 346 g/mol. The van der Waals surface area contributed by atoms with E-state index in [0.29, 0.717) is 16.8 Å². The number of amides is 1. The van der Waals surface area contributed by atoms with Crippen molar-refractivity contribution < 1.29 is 14.1 Å². The first-order chi connectivity index (χ1) is 13.2. The number of hydrogen-bond acceptors (Lipinski definition) is 6. The summed E-state index contributed by atoms with van der Waals surface area (Å²) in [5.74, 6) is 0.323. The number of rotatable bonds is 4. The fourth-order valence-corrected chi connectivity index (χ4v) is 2.92. The molecule has 4 rings (SSSR count). The molecule has 3 heterocycles. The van der Waals surface area contributed by atoms with E-state index < -0.39 is 6.09 Å². The number of carbonyl (C=O) groups is 1. The van der Waals surface area contributed by atoms with Crippen molar-refractivity contribution in [3.05, 3.63) is 48.3 Å². The van der Waals surface area contributed by atoms with Gasteiger partial charge < -0.3 is 9.26 Å². The van der Waals surface area contributed by atoms with Crippen LogP contribution in [0.4, 0.5) is 10.6 Å². The zero-order chi connectivity index (χ0) is 18.8. The van der Waals surface area contributed by atoms with Crippen LogP contribution in [-0.2, 0) is 4.74 Å². The van der Waals surface area contributed by atoms with E-state index in [2.05, 4.69) is 25.7 Å².